The standard InChI is InChI=1S/C10H16O2/c1-9(2)7-4-5-10(3,12-11)8(9)6-7/h4-5,7-8,11H,6H2,1-3H3/t7-,8+,10-/m1/s1. The molecule has 0 aromatic rings. The predicted molar refractivity (Wildman–Crippen MR) is 46.6 cm³/mol. The molecule has 12 heavy (non-hydrogen) atoms. The van der Waals surface area contributed by atoms with Gasteiger partial charge in [-0.05, 0) is 24.7 Å². The Kier molecular flexibility index (Phi) is 1.46. The number of allylic oxidation sites excluding steroid dienone is 1. The van der Waals surface area contributed by atoms with Crippen LogP contribution < -0.4 is 0 Å². The minimum atomic E-state index is -0.446. The van der Waals surface area contributed by atoms with Gasteiger partial charge in [0.1, 0.15) is 5.60 Å². The maximum atomic E-state index is 8.83. The summed E-state index contributed by atoms with van der Waals surface area (Å²) in [5, 5.41) is 8.83. The van der Waals surface area contributed by atoms with E-state index in [0.717, 1.165) is 6.42 Å². The fourth-order valence-electron chi connectivity index (χ4n) is 2.78. The molecule has 0 aromatic heterocycles. The molecular weight excluding hydrogens is 152 g/mol. The predicted octanol–water partition coefficient (Wildman–Crippen LogP) is 2.47. The van der Waals surface area contributed by atoms with Gasteiger partial charge in [0.05, 0.1) is 0 Å². The Labute approximate surface area is 73.2 Å². The fourth-order valence-corrected chi connectivity index (χ4v) is 2.78. The molecule has 0 unspecified atom stereocenters. The van der Waals surface area contributed by atoms with Gasteiger partial charge in [-0.3, -0.25) is 5.26 Å². The molecule has 0 aliphatic heterocycles. The van der Waals surface area contributed by atoms with Crippen LogP contribution in [0.4, 0.5) is 0 Å². The van der Waals surface area contributed by atoms with Gasteiger partial charge in [0, 0.05) is 5.92 Å². The second-order valence-corrected chi connectivity index (χ2v) is 4.85. The minimum Gasteiger partial charge on any atom is -0.251 e. The van der Waals surface area contributed by atoms with Gasteiger partial charge in [-0.25, -0.2) is 4.89 Å². The van der Waals surface area contributed by atoms with Crippen molar-refractivity contribution in [2.45, 2.75) is 32.8 Å². The van der Waals surface area contributed by atoms with Gasteiger partial charge in [0.15, 0.2) is 0 Å². The molecule has 3 aliphatic rings. The molecule has 1 saturated carbocycles. The number of hydrogen-bond donors (Lipinski definition) is 1. The molecule has 0 saturated heterocycles. The largest absolute Gasteiger partial charge is 0.251 e. The lowest BCUT2D eigenvalue weighted by molar-refractivity contribution is -0.340. The molecule has 3 rings (SSSR count). The average molecular weight is 168 g/mol. The van der Waals surface area contributed by atoms with Crippen molar-refractivity contribution in [3.63, 3.8) is 0 Å². The van der Waals surface area contributed by atoms with Crippen molar-refractivity contribution in [3.05, 3.63) is 12.2 Å². The Bertz CT molecular complexity index is 232. The summed E-state index contributed by atoms with van der Waals surface area (Å²) >= 11 is 0. The molecule has 0 spiro atoms. The number of fused-ring (bicyclic) bond motifs is 1. The third-order valence-electron chi connectivity index (χ3n) is 3.89. The van der Waals surface area contributed by atoms with Crippen LogP contribution in [0.15, 0.2) is 12.2 Å². The lowest BCUT2D eigenvalue weighted by Gasteiger charge is -2.59. The molecule has 2 bridgehead atoms. The normalized spacial score (nSPS) is 48.7. The molecule has 0 amide bonds. The zero-order valence-corrected chi connectivity index (χ0v) is 7.87. The van der Waals surface area contributed by atoms with E-state index in [2.05, 4.69) is 24.8 Å². The van der Waals surface area contributed by atoms with Crippen molar-refractivity contribution in [1.82, 2.24) is 0 Å². The van der Waals surface area contributed by atoms with Gasteiger partial charge in [-0.2, -0.15) is 0 Å². The van der Waals surface area contributed by atoms with Crippen LogP contribution in [-0.4, -0.2) is 10.9 Å². The van der Waals surface area contributed by atoms with Crippen molar-refractivity contribution in [2.75, 3.05) is 0 Å². The van der Waals surface area contributed by atoms with Crippen molar-refractivity contribution in [1.29, 1.82) is 0 Å². The zero-order valence-electron chi connectivity index (χ0n) is 7.87. The average Bonchev–Trinajstić information content (AvgIpc) is 2.04. The molecule has 0 radical (unpaired) electrons. The SMILES string of the molecule is CC1(C)[C@@H]2C=C[C@@](C)(OO)[C@H]1C2. The first-order chi connectivity index (χ1) is 5.50. The van der Waals surface area contributed by atoms with Crippen LogP contribution in [0.5, 0.6) is 0 Å². The lowest BCUT2D eigenvalue weighted by Crippen LogP contribution is -2.58. The second kappa shape index (κ2) is 2.12. The summed E-state index contributed by atoms with van der Waals surface area (Å²) in [5.74, 6) is 1.15. The van der Waals surface area contributed by atoms with E-state index < -0.39 is 5.60 Å². The number of rotatable bonds is 1. The monoisotopic (exact) mass is 168 g/mol. The van der Waals surface area contributed by atoms with Crippen LogP contribution in [0.1, 0.15) is 27.2 Å². The highest BCUT2D eigenvalue weighted by atomic mass is 17.1. The first kappa shape index (κ1) is 8.27. The molecule has 68 valence electrons. The molecule has 2 nitrogen and oxygen atoms in total. The molecule has 3 aliphatic carbocycles. The van der Waals surface area contributed by atoms with E-state index in [0.29, 0.717) is 17.3 Å². The summed E-state index contributed by atoms with van der Waals surface area (Å²) in [5.41, 5.74) is -0.148. The number of hydrogen-bond acceptors (Lipinski definition) is 2. The van der Waals surface area contributed by atoms with Gasteiger partial charge in [-0.1, -0.05) is 26.0 Å². The van der Waals surface area contributed by atoms with Crippen LogP contribution in [0, 0.1) is 17.3 Å². The first-order valence-corrected chi connectivity index (χ1v) is 4.52. The van der Waals surface area contributed by atoms with Crippen molar-refractivity contribution < 1.29 is 10.1 Å². The van der Waals surface area contributed by atoms with Gasteiger partial charge >= 0.3 is 0 Å². The topological polar surface area (TPSA) is 29.5 Å². The maximum absolute atomic E-state index is 8.83. The van der Waals surface area contributed by atoms with E-state index in [1.54, 1.807) is 0 Å². The Morgan fingerprint density at radius 3 is 2.42 bits per heavy atom. The molecule has 0 heterocycles. The highest BCUT2D eigenvalue weighted by Crippen LogP contribution is 2.60. The summed E-state index contributed by atoms with van der Waals surface area (Å²) in [6.07, 6.45) is 5.33. The summed E-state index contributed by atoms with van der Waals surface area (Å²) in [6.45, 7) is 6.44. The summed E-state index contributed by atoms with van der Waals surface area (Å²) in [4.78, 5) is 4.58. The van der Waals surface area contributed by atoms with E-state index in [1.165, 1.54) is 0 Å². The van der Waals surface area contributed by atoms with Crippen LogP contribution in [0.2, 0.25) is 0 Å². The van der Waals surface area contributed by atoms with Crippen LogP contribution in [0.3, 0.4) is 0 Å². The first-order valence-electron chi connectivity index (χ1n) is 4.52. The molecule has 2 heteroatoms. The Morgan fingerprint density at radius 1 is 1.42 bits per heavy atom. The third-order valence-corrected chi connectivity index (χ3v) is 3.89. The van der Waals surface area contributed by atoms with Crippen LogP contribution in [-0.2, 0) is 4.89 Å². The Hall–Kier alpha value is -0.340. The summed E-state index contributed by atoms with van der Waals surface area (Å²) in [6, 6.07) is 0. The quantitative estimate of drug-likeness (QED) is 0.370. The molecule has 0 aromatic carbocycles. The van der Waals surface area contributed by atoms with Gasteiger partial charge in [-0.15, -0.1) is 0 Å². The van der Waals surface area contributed by atoms with Gasteiger partial charge < -0.3 is 0 Å². The fraction of sp³-hybridized carbons (Fsp3) is 0.800. The lowest BCUT2D eigenvalue weighted by atomic mass is 9.47. The maximum Gasteiger partial charge on any atom is 0.122 e. The van der Waals surface area contributed by atoms with E-state index in [9.17, 15) is 0 Å². The van der Waals surface area contributed by atoms with E-state index in [1.807, 2.05) is 13.0 Å². The summed E-state index contributed by atoms with van der Waals surface area (Å²) < 4.78 is 0. The van der Waals surface area contributed by atoms with Crippen molar-refractivity contribution >= 4 is 0 Å². The van der Waals surface area contributed by atoms with E-state index in [-0.39, 0.29) is 0 Å². The molecular formula is C10H16O2. The highest BCUT2D eigenvalue weighted by Gasteiger charge is 2.58. The molecule has 3 atom stereocenters. The smallest absolute Gasteiger partial charge is 0.122 e. The molecule has 1 N–H and O–H groups in total. The van der Waals surface area contributed by atoms with E-state index >= 15 is 0 Å². The Morgan fingerprint density at radius 2 is 2.08 bits per heavy atom. The van der Waals surface area contributed by atoms with Crippen molar-refractivity contribution in [2.24, 2.45) is 17.3 Å². The third kappa shape index (κ3) is 0.771. The Balaban J connectivity index is 2.33. The minimum absolute atomic E-state index is 0.298. The molecule has 1 fully saturated rings. The van der Waals surface area contributed by atoms with Crippen LogP contribution in [0.25, 0.3) is 0 Å². The van der Waals surface area contributed by atoms with Crippen LogP contribution >= 0.6 is 0 Å². The highest BCUT2D eigenvalue weighted by molar-refractivity contribution is 5.23. The van der Waals surface area contributed by atoms with Gasteiger partial charge in [0.25, 0.3) is 0 Å². The zero-order chi connectivity index (χ0) is 8.98. The van der Waals surface area contributed by atoms with Crippen molar-refractivity contribution in [3.8, 4) is 0 Å². The second-order valence-electron chi connectivity index (χ2n) is 4.85. The summed E-state index contributed by atoms with van der Waals surface area (Å²) in [7, 11) is 0. The van der Waals surface area contributed by atoms with Gasteiger partial charge in [0.2, 0.25) is 0 Å². The van der Waals surface area contributed by atoms with E-state index in [4.69, 9.17) is 5.26 Å².